The van der Waals surface area contributed by atoms with Crippen molar-refractivity contribution in [1.29, 1.82) is 0 Å². The van der Waals surface area contributed by atoms with Gasteiger partial charge >= 0.3 is 0 Å². The first-order chi connectivity index (χ1) is 7.05. The fraction of sp³-hybridized carbons (Fsp3) is 0.778. The third-order valence-electron chi connectivity index (χ3n) is 3.40. The van der Waals surface area contributed by atoms with Crippen LogP contribution in [0.25, 0.3) is 0 Å². The minimum absolute atomic E-state index is 0.0740. The highest BCUT2D eigenvalue weighted by molar-refractivity contribution is 7.13. The summed E-state index contributed by atoms with van der Waals surface area (Å²) >= 11 is 0. The molecule has 3 unspecified atom stereocenters. The Labute approximate surface area is 91.0 Å². The van der Waals surface area contributed by atoms with Crippen molar-refractivity contribution >= 4 is 21.2 Å². The van der Waals surface area contributed by atoms with Crippen LogP contribution in [0.3, 0.4) is 0 Å². The van der Waals surface area contributed by atoms with Gasteiger partial charge < -0.3 is 11.1 Å². The average Bonchev–Trinajstić information content (AvgIpc) is 2.50. The quantitative estimate of drug-likeness (QED) is 0.580. The third kappa shape index (κ3) is 1.74. The van der Waals surface area contributed by atoms with E-state index in [4.69, 9.17) is 5.73 Å². The van der Waals surface area contributed by atoms with Gasteiger partial charge in [-0.25, -0.2) is 0 Å². The van der Waals surface area contributed by atoms with E-state index in [0.717, 1.165) is 19.4 Å². The van der Waals surface area contributed by atoms with E-state index in [9.17, 15) is 9.59 Å². The van der Waals surface area contributed by atoms with E-state index >= 15 is 0 Å². The molecule has 3 N–H and O–H groups in total. The van der Waals surface area contributed by atoms with E-state index in [-0.39, 0.29) is 23.3 Å². The molecular weight excluding hydrogens is 213 g/mol. The molecule has 6 heteroatoms. The summed E-state index contributed by atoms with van der Waals surface area (Å²) in [6, 6.07) is -0.321. The van der Waals surface area contributed by atoms with Gasteiger partial charge in [-0.15, -0.1) is 0 Å². The molecule has 3 atom stereocenters. The minimum Gasteiger partial charge on any atom is -0.368 e. The average molecular weight is 229 g/mol. The van der Waals surface area contributed by atoms with Crippen LogP contribution in [0.2, 0.25) is 0 Å². The lowest BCUT2D eigenvalue weighted by atomic mass is 9.78. The summed E-state index contributed by atoms with van der Waals surface area (Å²) in [5.74, 6) is -0.273. The van der Waals surface area contributed by atoms with Crippen molar-refractivity contribution < 1.29 is 9.59 Å². The van der Waals surface area contributed by atoms with Gasteiger partial charge in [0.05, 0.1) is 11.5 Å². The topological polar surface area (TPSA) is 75.4 Å². The lowest BCUT2D eigenvalue weighted by molar-refractivity contribution is -0.132. The molecule has 2 saturated heterocycles. The first-order valence-corrected chi connectivity index (χ1v) is 5.66. The highest BCUT2D eigenvalue weighted by Crippen LogP contribution is 2.41. The lowest BCUT2D eigenvalue weighted by Gasteiger charge is -2.31. The van der Waals surface area contributed by atoms with Crippen LogP contribution in [0.1, 0.15) is 19.3 Å². The number of nitrogens with one attached hydrogen (secondary N) is 1. The van der Waals surface area contributed by atoms with Gasteiger partial charge in [-0.1, -0.05) is 9.39 Å². The Hall–Kier alpha value is -0.670. The Bertz CT molecular complexity index is 310. The van der Waals surface area contributed by atoms with E-state index < -0.39 is 0 Å². The summed E-state index contributed by atoms with van der Waals surface area (Å²) in [5, 5.41) is 2.87. The van der Waals surface area contributed by atoms with Gasteiger partial charge in [0, 0.05) is 13.1 Å². The lowest BCUT2D eigenvalue weighted by Crippen LogP contribution is -2.47. The van der Waals surface area contributed by atoms with E-state index in [0.29, 0.717) is 13.0 Å². The van der Waals surface area contributed by atoms with Gasteiger partial charge in [-0.3, -0.25) is 14.3 Å². The normalized spacial score (nSPS) is 36.9. The molecule has 0 aliphatic carbocycles. The molecule has 2 rings (SSSR count). The van der Waals surface area contributed by atoms with E-state index in [1.807, 2.05) is 4.67 Å². The zero-order valence-electron chi connectivity index (χ0n) is 8.53. The molecule has 84 valence electrons. The molecule has 0 aromatic heterocycles. The van der Waals surface area contributed by atoms with E-state index in [2.05, 4.69) is 14.7 Å². The molecule has 15 heavy (non-hydrogen) atoms. The molecule has 2 aliphatic rings. The van der Waals surface area contributed by atoms with E-state index in [1.54, 1.807) is 0 Å². The van der Waals surface area contributed by atoms with Crippen LogP contribution in [-0.2, 0) is 9.59 Å². The van der Waals surface area contributed by atoms with Gasteiger partial charge in [0.1, 0.15) is 0 Å². The molecule has 2 aliphatic heterocycles. The first-order valence-electron chi connectivity index (χ1n) is 5.14. The maximum absolute atomic E-state index is 11.8. The van der Waals surface area contributed by atoms with Crippen LogP contribution in [0.5, 0.6) is 0 Å². The number of primary amides is 1. The van der Waals surface area contributed by atoms with E-state index in [1.165, 1.54) is 0 Å². The molecule has 0 bridgehead atoms. The Kier molecular flexibility index (Phi) is 2.69. The SMILES string of the molecule is NC(=O)C1CC2(CCCNC2=O)CN1P. The predicted molar refractivity (Wildman–Crippen MR) is 58.7 cm³/mol. The van der Waals surface area contributed by atoms with Crippen molar-refractivity contribution in [3.05, 3.63) is 0 Å². The number of carbonyl (C=O) groups excluding carboxylic acids is 2. The van der Waals surface area contributed by atoms with Crippen molar-refractivity contribution in [3.8, 4) is 0 Å². The smallest absolute Gasteiger partial charge is 0.235 e. The van der Waals surface area contributed by atoms with Crippen LogP contribution < -0.4 is 11.1 Å². The predicted octanol–water partition coefficient (Wildman–Crippen LogP) is -0.768. The van der Waals surface area contributed by atoms with Gasteiger partial charge in [0.25, 0.3) is 0 Å². The Morgan fingerprint density at radius 3 is 2.93 bits per heavy atom. The van der Waals surface area contributed by atoms with Crippen LogP contribution in [0.4, 0.5) is 0 Å². The number of piperidine rings is 1. The maximum atomic E-state index is 11.8. The van der Waals surface area contributed by atoms with Gasteiger partial charge in [0.15, 0.2) is 0 Å². The largest absolute Gasteiger partial charge is 0.368 e. The highest BCUT2D eigenvalue weighted by atomic mass is 31.0. The summed E-state index contributed by atoms with van der Waals surface area (Å²) in [6.07, 6.45) is 2.39. The number of amides is 2. The number of hydrogen-bond acceptors (Lipinski definition) is 3. The van der Waals surface area contributed by atoms with Crippen LogP contribution in [0.15, 0.2) is 0 Å². The summed E-state index contributed by atoms with van der Waals surface area (Å²) in [6.45, 7) is 1.36. The second-order valence-electron chi connectivity index (χ2n) is 4.43. The summed E-state index contributed by atoms with van der Waals surface area (Å²) in [5.41, 5.74) is 4.91. The molecule has 0 aromatic rings. The molecule has 0 aromatic carbocycles. The third-order valence-corrected chi connectivity index (χ3v) is 3.94. The summed E-state index contributed by atoms with van der Waals surface area (Å²) < 4.78 is 1.81. The molecule has 0 radical (unpaired) electrons. The molecule has 2 amide bonds. The number of hydrogen-bond donors (Lipinski definition) is 2. The number of carbonyl (C=O) groups is 2. The minimum atomic E-state index is -0.389. The van der Waals surface area contributed by atoms with Gasteiger partial charge in [-0.2, -0.15) is 0 Å². The van der Waals surface area contributed by atoms with Crippen LogP contribution >= 0.6 is 9.39 Å². The Balaban J connectivity index is 2.18. The Morgan fingerprint density at radius 2 is 2.40 bits per heavy atom. The first kappa shape index (κ1) is 10.8. The number of nitrogens with two attached hydrogens (primary N) is 1. The monoisotopic (exact) mass is 229 g/mol. The Morgan fingerprint density at radius 1 is 1.67 bits per heavy atom. The molecule has 0 saturated carbocycles. The second kappa shape index (κ2) is 3.72. The zero-order valence-corrected chi connectivity index (χ0v) is 9.69. The van der Waals surface area contributed by atoms with Crippen molar-refractivity contribution in [2.24, 2.45) is 11.1 Å². The van der Waals surface area contributed by atoms with Crippen molar-refractivity contribution in [3.63, 3.8) is 0 Å². The highest BCUT2D eigenvalue weighted by Gasteiger charge is 2.50. The van der Waals surface area contributed by atoms with Crippen LogP contribution in [-0.4, -0.2) is 35.6 Å². The van der Waals surface area contributed by atoms with Crippen molar-refractivity contribution in [2.75, 3.05) is 13.1 Å². The second-order valence-corrected chi connectivity index (χ2v) is 5.10. The van der Waals surface area contributed by atoms with Crippen molar-refractivity contribution in [1.82, 2.24) is 9.99 Å². The van der Waals surface area contributed by atoms with Gasteiger partial charge in [-0.05, 0) is 19.3 Å². The summed E-state index contributed by atoms with van der Waals surface area (Å²) in [4.78, 5) is 23.0. The fourth-order valence-electron chi connectivity index (χ4n) is 2.55. The molecule has 2 fully saturated rings. The molecule has 2 heterocycles. The standard InChI is InChI=1S/C9H16N3O2P/c10-7(13)6-4-9(5-12(6)15)2-1-3-11-8(9)14/h6H,1-5,15H2,(H2,10,13)(H,11,14). The fourth-order valence-corrected chi connectivity index (χ4v) is 3.15. The molecule has 1 spiro atoms. The summed E-state index contributed by atoms with van der Waals surface area (Å²) in [7, 11) is 2.49. The zero-order chi connectivity index (χ0) is 11.1. The maximum Gasteiger partial charge on any atom is 0.235 e. The number of rotatable bonds is 1. The van der Waals surface area contributed by atoms with Crippen molar-refractivity contribution in [2.45, 2.75) is 25.3 Å². The molecule has 5 nitrogen and oxygen atoms in total. The molecular formula is C9H16N3O2P. The number of nitrogens with zero attached hydrogens (tertiary/aromatic N) is 1. The van der Waals surface area contributed by atoms with Gasteiger partial charge in [0.2, 0.25) is 11.8 Å². The van der Waals surface area contributed by atoms with Crippen LogP contribution in [0, 0.1) is 5.41 Å².